The van der Waals surface area contributed by atoms with Crippen LogP contribution in [-0.4, -0.2) is 26.5 Å². The molecule has 1 unspecified atom stereocenters. The molecule has 1 N–H and O–H groups in total. The molecule has 1 aliphatic carbocycles. The minimum atomic E-state index is -0.189. The molecule has 0 bridgehead atoms. The first-order valence-corrected chi connectivity index (χ1v) is 11.4. The van der Waals surface area contributed by atoms with Gasteiger partial charge in [-0.15, -0.1) is 0 Å². The number of rotatable bonds is 4. The summed E-state index contributed by atoms with van der Waals surface area (Å²) < 4.78 is 1.31. The van der Waals surface area contributed by atoms with Gasteiger partial charge in [0.1, 0.15) is 5.84 Å². The van der Waals surface area contributed by atoms with Crippen molar-refractivity contribution in [1.82, 2.24) is 20.1 Å². The monoisotopic (exact) mass is 451 g/mol. The number of amides is 1. The molecule has 0 saturated carbocycles. The SMILES string of the molecule is Cn1nc(-c2cncc(CC3Cc4ccccc4N=C3NC(=O)[C@@H]3C=CC=CC3)c2)ccc1=O. The summed E-state index contributed by atoms with van der Waals surface area (Å²) in [5, 5.41) is 7.45. The summed E-state index contributed by atoms with van der Waals surface area (Å²) in [5.41, 5.74) is 4.44. The van der Waals surface area contributed by atoms with E-state index in [1.54, 1.807) is 19.3 Å². The Kier molecular flexibility index (Phi) is 5.99. The zero-order valence-corrected chi connectivity index (χ0v) is 18.9. The molecular formula is C27H25N5O2. The van der Waals surface area contributed by atoms with E-state index in [1.807, 2.05) is 54.8 Å². The molecule has 0 radical (unpaired) electrons. The van der Waals surface area contributed by atoms with E-state index in [2.05, 4.69) is 21.5 Å². The summed E-state index contributed by atoms with van der Waals surface area (Å²) in [7, 11) is 1.63. The minimum absolute atomic E-state index is 0.00657. The quantitative estimate of drug-likeness (QED) is 0.657. The molecular weight excluding hydrogens is 426 g/mol. The highest BCUT2D eigenvalue weighted by Crippen LogP contribution is 2.30. The van der Waals surface area contributed by atoms with Crippen LogP contribution in [-0.2, 0) is 24.7 Å². The van der Waals surface area contributed by atoms with Crippen LogP contribution < -0.4 is 10.9 Å². The van der Waals surface area contributed by atoms with E-state index in [0.29, 0.717) is 24.4 Å². The predicted molar refractivity (Wildman–Crippen MR) is 132 cm³/mol. The third kappa shape index (κ3) is 4.64. The van der Waals surface area contributed by atoms with E-state index in [-0.39, 0.29) is 23.3 Å². The Labute approximate surface area is 197 Å². The van der Waals surface area contributed by atoms with Gasteiger partial charge in [-0.05, 0) is 48.6 Å². The number of carbonyl (C=O) groups excluding carboxylic acids is 1. The van der Waals surface area contributed by atoms with Gasteiger partial charge in [-0.25, -0.2) is 9.67 Å². The highest BCUT2D eigenvalue weighted by Gasteiger charge is 2.27. The second-order valence-electron chi connectivity index (χ2n) is 8.64. The number of aliphatic imine (C=N–C) groups is 1. The van der Waals surface area contributed by atoms with E-state index in [4.69, 9.17) is 4.99 Å². The molecule has 1 aliphatic heterocycles. The normalized spacial score (nSPS) is 18.8. The number of aromatic nitrogens is 3. The van der Waals surface area contributed by atoms with Crippen LogP contribution in [0.1, 0.15) is 17.5 Å². The zero-order chi connectivity index (χ0) is 23.5. The highest BCUT2D eigenvalue weighted by atomic mass is 16.2. The van der Waals surface area contributed by atoms with Crippen molar-refractivity contribution in [3.8, 4) is 11.3 Å². The number of allylic oxidation sites excluding steroid dienone is 3. The highest BCUT2D eigenvalue weighted by molar-refractivity contribution is 6.03. The number of hydrogen-bond acceptors (Lipinski definition) is 5. The number of benzene rings is 1. The Hall–Kier alpha value is -4.13. The lowest BCUT2D eigenvalue weighted by Gasteiger charge is -2.26. The number of nitrogens with one attached hydrogen (secondary N) is 1. The molecule has 3 heterocycles. The molecule has 3 aromatic rings. The standard InChI is InChI=1S/C27H25N5O2/c1-32-25(33)12-11-24(31-32)22-14-18(16-28-17-22)13-21-15-20-9-5-6-10-23(20)29-26(21)30-27(34)19-7-3-2-4-8-19/h2-7,9-12,14,16-17,19,21H,8,13,15H2,1H3,(H,29,30,34)/t19-,21?/m1/s1. The predicted octanol–water partition coefficient (Wildman–Crippen LogP) is 3.54. The summed E-state index contributed by atoms with van der Waals surface area (Å²) in [6.07, 6.45) is 13.5. The van der Waals surface area contributed by atoms with Crippen LogP contribution in [0, 0.1) is 11.8 Å². The van der Waals surface area contributed by atoms with Gasteiger partial charge in [0.25, 0.3) is 5.56 Å². The van der Waals surface area contributed by atoms with Crippen molar-refractivity contribution in [2.24, 2.45) is 23.9 Å². The molecule has 0 spiro atoms. The molecule has 0 saturated heterocycles. The van der Waals surface area contributed by atoms with Crippen molar-refractivity contribution < 1.29 is 4.79 Å². The topological polar surface area (TPSA) is 89.2 Å². The first kappa shape index (κ1) is 21.7. The third-order valence-corrected chi connectivity index (χ3v) is 6.19. The maximum atomic E-state index is 12.9. The van der Waals surface area contributed by atoms with Crippen molar-refractivity contribution in [1.29, 1.82) is 0 Å². The van der Waals surface area contributed by atoms with Gasteiger partial charge in [0.2, 0.25) is 5.91 Å². The van der Waals surface area contributed by atoms with E-state index >= 15 is 0 Å². The van der Waals surface area contributed by atoms with Crippen LogP contribution in [0.25, 0.3) is 11.3 Å². The van der Waals surface area contributed by atoms with Gasteiger partial charge in [0.15, 0.2) is 0 Å². The molecule has 2 atom stereocenters. The van der Waals surface area contributed by atoms with Crippen LogP contribution in [0.4, 0.5) is 5.69 Å². The lowest BCUT2D eigenvalue weighted by Crippen LogP contribution is -2.41. The largest absolute Gasteiger partial charge is 0.313 e. The Morgan fingerprint density at radius 3 is 2.85 bits per heavy atom. The van der Waals surface area contributed by atoms with Gasteiger partial charge >= 0.3 is 0 Å². The Morgan fingerprint density at radius 2 is 2.03 bits per heavy atom. The van der Waals surface area contributed by atoms with Crippen molar-refractivity contribution in [2.45, 2.75) is 19.3 Å². The van der Waals surface area contributed by atoms with Gasteiger partial charge in [-0.1, -0.05) is 42.5 Å². The van der Waals surface area contributed by atoms with Crippen LogP contribution >= 0.6 is 0 Å². The first-order valence-electron chi connectivity index (χ1n) is 11.4. The van der Waals surface area contributed by atoms with Crippen LogP contribution in [0.3, 0.4) is 0 Å². The fourth-order valence-corrected chi connectivity index (χ4v) is 4.35. The van der Waals surface area contributed by atoms with Crippen molar-refractivity contribution in [3.63, 3.8) is 0 Å². The van der Waals surface area contributed by atoms with E-state index in [0.717, 1.165) is 28.8 Å². The Morgan fingerprint density at radius 1 is 1.15 bits per heavy atom. The lowest BCUT2D eigenvalue weighted by molar-refractivity contribution is -0.122. The number of aryl methyl sites for hydroxylation is 1. The average molecular weight is 452 g/mol. The molecule has 7 nitrogen and oxygen atoms in total. The number of hydrogen-bond donors (Lipinski definition) is 1. The minimum Gasteiger partial charge on any atom is -0.313 e. The summed E-state index contributed by atoms with van der Waals surface area (Å²) in [5.74, 6) is 0.473. The first-order chi connectivity index (χ1) is 16.6. The number of fused-ring (bicyclic) bond motifs is 1. The number of nitrogens with zero attached hydrogens (tertiary/aromatic N) is 4. The van der Waals surface area contributed by atoms with Gasteiger partial charge in [0.05, 0.1) is 17.3 Å². The van der Waals surface area contributed by atoms with Gasteiger partial charge in [-0.3, -0.25) is 14.6 Å². The smallest absolute Gasteiger partial charge is 0.266 e. The van der Waals surface area contributed by atoms with Crippen molar-refractivity contribution in [2.75, 3.05) is 0 Å². The number of pyridine rings is 1. The molecule has 1 amide bonds. The van der Waals surface area contributed by atoms with Crippen LogP contribution in [0.15, 0.2) is 88.9 Å². The van der Waals surface area contributed by atoms with Gasteiger partial charge < -0.3 is 5.32 Å². The van der Waals surface area contributed by atoms with Gasteiger partial charge in [-0.2, -0.15) is 5.10 Å². The molecule has 34 heavy (non-hydrogen) atoms. The summed E-state index contributed by atoms with van der Waals surface area (Å²) in [6.45, 7) is 0. The average Bonchev–Trinajstić information content (AvgIpc) is 2.86. The molecule has 2 aliphatic rings. The fourth-order valence-electron chi connectivity index (χ4n) is 4.35. The second-order valence-corrected chi connectivity index (χ2v) is 8.64. The molecule has 2 aromatic heterocycles. The maximum Gasteiger partial charge on any atom is 0.266 e. The maximum absolute atomic E-state index is 12.9. The van der Waals surface area contributed by atoms with Crippen molar-refractivity contribution >= 4 is 17.4 Å². The van der Waals surface area contributed by atoms with E-state index < -0.39 is 0 Å². The molecule has 0 fully saturated rings. The zero-order valence-electron chi connectivity index (χ0n) is 18.9. The summed E-state index contributed by atoms with van der Waals surface area (Å²) >= 11 is 0. The number of carbonyl (C=O) groups is 1. The molecule has 5 rings (SSSR count). The lowest BCUT2D eigenvalue weighted by atomic mass is 9.88. The molecule has 1 aromatic carbocycles. The molecule has 170 valence electrons. The van der Waals surface area contributed by atoms with E-state index in [1.165, 1.54) is 10.7 Å². The summed E-state index contributed by atoms with van der Waals surface area (Å²) in [6, 6.07) is 13.3. The Bertz CT molecular complexity index is 1390. The summed E-state index contributed by atoms with van der Waals surface area (Å²) in [4.78, 5) is 33.9. The number of amidine groups is 1. The van der Waals surface area contributed by atoms with Crippen LogP contribution in [0.2, 0.25) is 0 Å². The number of para-hydroxylation sites is 1. The Balaban J connectivity index is 1.41. The molecule has 7 heteroatoms. The fraction of sp³-hybridized carbons (Fsp3) is 0.222. The van der Waals surface area contributed by atoms with Crippen molar-refractivity contribution in [3.05, 3.63) is 101 Å². The second kappa shape index (κ2) is 9.39. The third-order valence-electron chi connectivity index (χ3n) is 6.19. The van der Waals surface area contributed by atoms with E-state index in [9.17, 15) is 9.59 Å². The van der Waals surface area contributed by atoms with Crippen LogP contribution in [0.5, 0.6) is 0 Å². The van der Waals surface area contributed by atoms with Gasteiger partial charge in [0, 0.05) is 37.0 Å².